The van der Waals surface area contributed by atoms with E-state index in [1.54, 1.807) is 0 Å². The molecule has 0 radical (unpaired) electrons. The van der Waals surface area contributed by atoms with Gasteiger partial charge < -0.3 is 0 Å². The summed E-state index contributed by atoms with van der Waals surface area (Å²) in [5.74, 6) is 0. The molecule has 4 rings (SSSR count). The van der Waals surface area contributed by atoms with Gasteiger partial charge in [0.05, 0.1) is 6.20 Å². The Bertz CT molecular complexity index is 967. The van der Waals surface area contributed by atoms with Gasteiger partial charge in [0.25, 0.3) is 0 Å². The van der Waals surface area contributed by atoms with Gasteiger partial charge in [0.2, 0.25) is 0 Å². The molecule has 3 aromatic carbocycles. The van der Waals surface area contributed by atoms with Crippen LogP contribution >= 0.6 is 11.6 Å². The van der Waals surface area contributed by atoms with Gasteiger partial charge in [-0.25, -0.2) is 0 Å². The molecule has 0 amide bonds. The van der Waals surface area contributed by atoms with Crippen molar-refractivity contribution >= 4 is 11.6 Å². The summed E-state index contributed by atoms with van der Waals surface area (Å²) in [5, 5.41) is 5.43. The van der Waals surface area contributed by atoms with E-state index in [2.05, 4.69) is 67.7 Å². The highest BCUT2D eigenvalue weighted by Crippen LogP contribution is 2.43. The molecule has 0 spiro atoms. The Morgan fingerprint density at radius 2 is 1.31 bits per heavy atom. The minimum atomic E-state index is -0.644. The second-order valence-corrected chi connectivity index (χ2v) is 6.79. The summed E-state index contributed by atoms with van der Waals surface area (Å²) in [7, 11) is 0. The molecular formula is C23H19ClN2. The average molecular weight is 359 g/mol. The number of rotatable bonds is 4. The number of benzene rings is 3. The normalized spacial score (nSPS) is 11.5. The van der Waals surface area contributed by atoms with Crippen molar-refractivity contribution in [2.75, 3.05) is 0 Å². The molecule has 0 saturated carbocycles. The Morgan fingerprint density at radius 3 is 1.81 bits per heavy atom. The fraction of sp³-hybridized carbons (Fsp3) is 0.0870. The third-order valence-corrected chi connectivity index (χ3v) is 5.03. The van der Waals surface area contributed by atoms with E-state index in [0.717, 1.165) is 22.3 Å². The Balaban J connectivity index is 2.16. The smallest absolute Gasteiger partial charge is 0.139 e. The summed E-state index contributed by atoms with van der Waals surface area (Å²) < 4.78 is 2.02. The lowest BCUT2D eigenvalue weighted by Crippen LogP contribution is -2.38. The molecule has 0 aliphatic heterocycles. The van der Waals surface area contributed by atoms with Crippen LogP contribution in [0.3, 0.4) is 0 Å². The van der Waals surface area contributed by atoms with Crippen molar-refractivity contribution in [3.63, 3.8) is 0 Å². The number of hydrogen-bond acceptors (Lipinski definition) is 1. The minimum absolute atomic E-state index is 0.644. The molecule has 3 heteroatoms. The van der Waals surface area contributed by atoms with Crippen molar-refractivity contribution in [2.24, 2.45) is 0 Å². The Hall–Kier alpha value is -2.84. The van der Waals surface area contributed by atoms with Crippen molar-refractivity contribution in [3.05, 3.63) is 125 Å². The predicted molar refractivity (Wildman–Crippen MR) is 107 cm³/mol. The van der Waals surface area contributed by atoms with E-state index in [4.69, 9.17) is 16.7 Å². The van der Waals surface area contributed by atoms with Gasteiger partial charge in [-0.1, -0.05) is 90.5 Å². The van der Waals surface area contributed by atoms with Crippen LogP contribution in [0.4, 0.5) is 0 Å². The molecule has 0 N–H and O–H groups in total. The molecular weight excluding hydrogens is 340 g/mol. The Kier molecular flexibility index (Phi) is 4.36. The third-order valence-electron chi connectivity index (χ3n) is 4.70. The molecule has 0 aliphatic carbocycles. The first-order valence-corrected chi connectivity index (χ1v) is 8.98. The highest BCUT2D eigenvalue weighted by molar-refractivity contribution is 6.31. The van der Waals surface area contributed by atoms with Crippen molar-refractivity contribution in [1.82, 2.24) is 9.78 Å². The monoisotopic (exact) mass is 358 g/mol. The first-order chi connectivity index (χ1) is 12.7. The van der Waals surface area contributed by atoms with Gasteiger partial charge in [0.1, 0.15) is 5.54 Å². The molecule has 0 unspecified atom stereocenters. The molecule has 0 aliphatic rings. The number of aryl methyl sites for hydroxylation is 1. The van der Waals surface area contributed by atoms with Crippen molar-refractivity contribution in [3.8, 4) is 0 Å². The fourth-order valence-corrected chi connectivity index (χ4v) is 3.85. The summed E-state index contributed by atoms with van der Waals surface area (Å²) in [5.41, 5.74) is 3.69. The van der Waals surface area contributed by atoms with Crippen LogP contribution in [-0.4, -0.2) is 9.78 Å². The van der Waals surface area contributed by atoms with E-state index < -0.39 is 5.54 Å². The lowest BCUT2D eigenvalue weighted by molar-refractivity contribution is 0.460. The van der Waals surface area contributed by atoms with Crippen LogP contribution in [-0.2, 0) is 5.54 Å². The van der Waals surface area contributed by atoms with Gasteiger partial charge in [-0.15, -0.1) is 0 Å². The van der Waals surface area contributed by atoms with E-state index in [-0.39, 0.29) is 0 Å². The lowest BCUT2D eigenvalue weighted by atomic mass is 9.77. The Labute approximate surface area is 158 Å². The molecule has 0 fully saturated rings. The SMILES string of the molecule is Cc1cnn(C(c2ccccc2)(c2ccccc2)c2ccccc2Cl)c1. The second kappa shape index (κ2) is 6.81. The van der Waals surface area contributed by atoms with Crippen molar-refractivity contribution in [2.45, 2.75) is 12.5 Å². The lowest BCUT2D eigenvalue weighted by Gasteiger charge is -2.37. The number of aromatic nitrogens is 2. The van der Waals surface area contributed by atoms with Gasteiger partial charge in [0, 0.05) is 16.8 Å². The van der Waals surface area contributed by atoms with E-state index in [9.17, 15) is 0 Å². The van der Waals surface area contributed by atoms with Crippen LogP contribution in [0.25, 0.3) is 0 Å². The molecule has 0 atom stereocenters. The molecule has 26 heavy (non-hydrogen) atoms. The number of nitrogens with zero attached hydrogens (tertiary/aromatic N) is 2. The van der Waals surface area contributed by atoms with Gasteiger partial charge >= 0.3 is 0 Å². The topological polar surface area (TPSA) is 17.8 Å². The predicted octanol–water partition coefficient (Wildman–Crippen LogP) is 5.69. The van der Waals surface area contributed by atoms with Crippen molar-refractivity contribution < 1.29 is 0 Å². The average Bonchev–Trinajstić information content (AvgIpc) is 3.12. The maximum atomic E-state index is 6.72. The van der Waals surface area contributed by atoms with Crippen LogP contribution in [0.15, 0.2) is 97.3 Å². The largest absolute Gasteiger partial charge is 0.253 e. The van der Waals surface area contributed by atoms with E-state index in [1.165, 1.54) is 0 Å². The van der Waals surface area contributed by atoms with Crippen molar-refractivity contribution in [1.29, 1.82) is 0 Å². The summed E-state index contributed by atoms with van der Waals surface area (Å²) in [6.45, 7) is 2.05. The zero-order valence-corrected chi connectivity index (χ0v) is 15.3. The highest BCUT2D eigenvalue weighted by Gasteiger charge is 2.40. The highest BCUT2D eigenvalue weighted by atomic mass is 35.5. The van der Waals surface area contributed by atoms with E-state index in [0.29, 0.717) is 5.02 Å². The Morgan fingerprint density at radius 1 is 0.769 bits per heavy atom. The molecule has 1 aromatic heterocycles. The summed E-state index contributed by atoms with van der Waals surface area (Å²) in [6, 6.07) is 28.8. The van der Waals surface area contributed by atoms with Crippen LogP contribution in [0.5, 0.6) is 0 Å². The standard InChI is InChI=1S/C23H19ClN2/c1-18-16-25-26(17-18)23(19-10-4-2-5-11-19,20-12-6-3-7-13-20)21-14-8-9-15-22(21)24/h2-17H,1H3. The minimum Gasteiger partial charge on any atom is -0.253 e. The maximum Gasteiger partial charge on any atom is 0.139 e. The van der Waals surface area contributed by atoms with Gasteiger partial charge in [-0.3, -0.25) is 4.68 Å². The molecule has 2 nitrogen and oxygen atoms in total. The quantitative estimate of drug-likeness (QED) is 0.429. The first kappa shape index (κ1) is 16.6. The second-order valence-electron chi connectivity index (χ2n) is 6.38. The molecule has 0 saturated heterocycles. The van der Waals surface area contributed by atoms with Crippen LogP contribution in [0, 0.1) is 6.92 Å². The maximum absolute atomic E-state index is 6.72. The molecule has 128 valence electrons. The first-order valence-electron chi connectivity index (χ1n) is 8.61. The van der Waals surface area contributed by atoms with Crippen LogP contribution in [0.2, 0.25) is 5.02 Å². The van der Waals surface area contributed by atoms with E-state index in [1.807, 2.05) is 41.2 Å². The van der Waals surface area contributed by atoms with E-state index >= 15 is 0 Å². The van der Waals surface area contributed by atoms with Gasteiger partial charge in [-0.2, -0.15) is 5.10 Å². The van der Waals surface area contributed by atoms with Gasteiger partial charge in [-0.05, 0) is 29.7 Å². The third kappa shape index (κ3) is 2.63. The van der Waals surface area contributed by atoms with Crippen LogP contribution < -0.4 is 0 Å². The molecule has 1 heterocycles. The zero-order valence-electron chi connectivity index (χ0n) is 14.5. The zero-order chi connectivity index (χ0) is 18.0. The summed E-state index contributed by atoms with van der Waals surface area (Å²) in [4.78, 5) is 0. The van der Waals surface area contributed by atoms with Gasteiger partial charge in [0.15, 0.2) is 0 Å². The fourth-order valence-electron chi connectivity index (χ4n) is 3.58. The molecule has 4 aromatic rings. The number of halogens is 1. The summed E-state index contributed by atoms with van der Waals surface area (Å²) >= 11 is 6.72. The summed E-state index contributed by atoms with van der Waals surface area (Å²) in [6.07, 6.45) is 3.96. The van der Waals surface area contributed by atoms with Crippen LogP contribution in [0.1, 0.15) is 22.3 Å². The number of hydrogen-bond donors (Lipinski definition) is 0. The molecule has 0 bridgehead atoms.